The van der Waals surface area contributed by atoms with Crippen molar-refractivity contribution in [1.82, 2.24) is 0 Å². The zero-order valence-electron chi connectivity index (χ0n) is 23.5. The third-order valence-electron chi connectivity index (χ3n) is 7.18. The lowest BCUT2D eigenvalue weighted by molar-refractivity contribution is 0.128. The van der Waals surface area contributed by atoms with Crippen molar-refractivity contribution in [1.29, 1.82) is 0 Å². The SMILES string of the molecule is CC.C\C=C/C=C(\C(N)=C\CSCc1ccc(Cl)cc1)c1ccccc1C1(O)C2=C(CCC=C2)c2ccccc21. The number of hydrogen-bond donors (Lipinski definition) is 2. The fraction of sp³-hybridized carbons (Fsp3) is 0.222. The zero-order valence-corrected chi connectivity index (χ0v) is 25.1. The molecule has 0 fully saturated rings. The molecule has 0 spiro atoms. The number of thioether (sulfide) groups is 1. The van der Waals surface area contributed by atoms with Crippen molar-refractivity contribution in [3.63, 3.8) is 0 Å². The Balaban J connectivity index is 0.00000181. The van der Waals surface area contributed by atoms with Gasteiger partial charge >= 0.3 is 0 Å². The van der Waals surface area contributed by atoms with Gasteiger partial charge in [0.25, 0.3) is 0 Å². The van der Waals surface area contributed by atoms with E-state index in [9.17, 15) is 5.11 Å². The molecule has 5 rings (SSSR count). The Morgan fingerprint density at radius 2 is 1.70 bits per heavy atom. The summed E-state index contributed by atoms with van der Waals surface area (Å²) in [7, 11) is 0. The van der Waals surface area contributed by atoms with Crippen LogP contribution in [0.25, 0.3) is 11.1 Å². The normalized spacial score (nSPS) is 18.4. The molecule has 0 radical (unpaired) electrons. The predicted molar refractivity (Wildman–Crippen MR) is 175 cm³/mol. The highest BCUT2D eigenvalue weighted by molar-refractivity contribution is 7.98. The van der Waals surface area contributed by atoms with Crippen LogP contribution >= 0.6 is 23.4 Å². The summed E-state index contributed by atoms with van der Waals surface area (Å²) in [6.07, 6.45) is 14.3. The lowest BCUT2D eigenvalue weighted by Crippen LogP contribution is -2.29. The lowest BCUT2D eigenvalue weighted by Gasteiger charge is -2.31. The van der Waals surface area contributed by atoms with Crippen molar-refractivity contribution in [2.24, 2.45) is 5.73 Å². The maximum atomic E-state index is 12.6. The van der Waals surface area contributed by atoms with Gasteiger partial charge in [-0.3, -0.25) is 0 Å². The van der Waals surface area contributed by atoms with Crippen LogP contribution in [0.15, 0.2) is 121 Å². The van der Waals surface area contributed by atoms with Crippen molar-refractivity contribution in [2.75, 3.05) is 5.75 Å². The Morgan fingerprint density at radius 3 is 2.45 bits per heavy atom. The monoisotopic (exact) mass is 567 g/mol. The van der Waals surface area contributed by atoms with E-state index in [-0.39, 0.29) is 0 Å². The zero-order chi connectivity index (χ0) is 28.5. The van der Waals surface area contributed by atoms with Gasteiger partial charge in [-0.15, -0.1) is 0 Å². The van der Waals surface area contributed by atoms with Gasteiger partial charge < -0.3 is 10.8 Å². The molecule has 0 bridgehead atoms. The number of aliphatic hydroxyl groups is 1. The van der Waals surface area contributed by atoms with Crippen LogP contribution in [-0.4, -0.2) is 10.9 Å². The van der Waals surface area contributed by atoms with E-state index in [0.29, 0.717) is 5.70 Å². The van der Waals surface area contributed by atoms with Crippen molar-refractivity contribution in [2.45, 2.75) is 45.0 Å². The molecule has 1 atom stereocenters. The highest BCUT2D eigenvalue weighted by Gasteiger charge is 2.45. The summed E-state index contributed by atoms with van der Waals surface area (Å²) < 4.78 is 0. The molecule has 3 aromatic rings. The van der Waals surface area contributed by atoms with Crippen molar-refractivity contribution in [3.05, 3.63) is 153 Å². The van der Waals surface area contributed by atoms with Crippen LogP contribution in [0.4, 0.5) is 0 Å². The van der Waals surface area contributed by atoms with E-state index in [4.69, 9.17) is 17.3 Å². The van der Waals surface area contributed by atoms with E-state index in [1.807, 2.05) is 75.4 Å². The van der Waals surface area contributed by atoms with Gasteiger partial charge in [0.15, 0.2) is 0 Å². The Bertz CT molecular complexity index is 1480. The molecule has 206 valence electrons. The Hall–Kier alpha value is -3.24. The minimum atomic E-state index is -1.24. The second kappa shape index (κ2) is 13.9. The van der Waals surface area contributed by atoms with Crippen LogP contribution in [-0.2, 0) is 11.4 Å². The number of benzene rings is 3. The number of halogens is 1. The summed E-state index contributed by atoms with van der Waals surface area (Å²) in [6.45, 7) is 5.99. The molecule has 1 unspecified atom stereocenters. The largest absolute Gasteiger partial charge is 0.398 e. The van der Waals surface area contributed by atoms with Crippen molar-refractivity contribution < 1.29 is 5.11 Å². The van der Waals surface area contributed by atoms with Crippen molar-refractivity contribution in [3.8, 4) is 0 Å². The summed E-state index contributed by atoms with van der Waals surface area (Å²) in [5, 5.41) is 13.3. The smallest absolute Gasteiger partial charge is 0.142 e. The molecular formula is C36H38ClNOS. The summed E-state index contributed by atoms with van der Waals surface area (Å²) in [5.41, 5.74) is 14.4. The average molecular weight is 568 g/mol. The first kappa shape index (κ1) is 29.7. The fourth-order valence-corrected chi connectivity index (χ4v) is 6.33. The first-order valence-corrected chi connectivity index (χ1v) is 15.5. The van der Waals surface area contributed by atoms with Crippen LogP contribution in [0, 0.1) is 0 Å². The highest BCUT2D eigenvalue weighted by Crippen LogP contribution is 2.53. The molecule has 4 heteroatoms. The van der Waals surface area contributed by atoms with Gasteiger partial charge in [0.1, 0.15) is 5.60 Å². The van der Waals surface area contributed by atoms with Gasteiger partial charge in [0, 0.05) is 38.9 Å². The second-order valence-corrected chi connectivity index (χ2v) is 11.0. The number of fused-ring (bicyclic) bond motifs is 2. The number of hydrogen-bond acceptors (Lipinski definition) is 3. The molecule has 0 aromatic heterocycles. The number of allylic oxidation sites excluding steroid dienone is 6. The van der Waals surface area contributed by atoms with Crippen LogP contribution in [0.2, 0.25) is 5.02 Å². The van der Waals surface area contributed by atoms with Gasteiger partial charge in [-0.2, -0.15) is 11.8 Å². The van der Waals surface area contributed by atoms with Gasteiger partial charge in [0.05, 0.1) is 0 Å². The molecule has 0 saturated carbocycles. The van der Waals surface area contributed by atoms with Gasteiger partial charge in [-0.25, -0.2) is 0 Å². The van der Waals surface area contributed by atoms with E-state index >= 15 is 0 Å². The Kier molecular flexibility index (Phi) is 10.3. The number of nitrogens with two attached hydrogens (primary N) is 1. The highest BCUT2D eigenvalue weighted by atomic mass is 35.5. The molecule has 2 aliphatic rings. The molecule has 2 nitrogen and oxygen atoms in total. The third kappa shape index (κ3) is 6.07. The molecular weight excluding hydrogens is 530 g/mol. The second-order valence-electron chi connectivity index (χ2n) is 9.54. The third-order valence-corrected chi connectivity index (χ3v) is 8.37. The summed E-state index contributed by atoms with van der Waals surface area (Å²) in [5.74, 6) is 1.65. The Morgan fingerprint density at radius 1 is 1.00 bits per heavy atom. The molecule has 2 aliphatic carbocycles. The van der Waals surface area contributed by atoms with Crippen LogP contribution in [0.1, 0.15) is 61.4 Å². The molecule has 3 aromatic carbocycles. The maximum Gasteiger partial charge on any atom is 0.142 e. The summed E-state index contributed by atoms with van der Waals surface area (Å²) in [4.78, 5) is 0. The van der Waals surface area contributed by atoms with E-state index in [1.54, 1.807) is 11.8 Å². The van der Waals surface area contributed by atoms with E-state index in [0.717, 1.165) is 62.8 Å². The van der Waals surface area contributed by atoms with Crippen molar-refractivity contribution >= 4 is 34.5 Å². The van der Waals surface area contributed by atoms with E-state index in [2.05, 4.69) is 54.6 Å². The summed E-state index contributed by atoms with van der Waals surface area (Å²) >= 11 is 7.82. The molecule has 0 aliphatic heterocycles. The quantitative estimate of drug-likeness (QED) is 0.210. The maximum absolute atomic E-state index is 12.6. The summed E-state index contributed by atoms with van der Waals surface area (Å²) in [6, 6.07) is 24.3. The minimum absolute atomic E-state index is 0.697. The first-order valence-electron chi connectivity index (χ1n) is 14.0. The first-order chi connectivity index (χ1) is 19.5. The molecule has 0 heterocycles. The topological polar surface area (TPSA) is 46.2 Å². The molecule has 0 saturated heterocycles. The average Bonchev–Trinajstić information content (AvgIpc) is 3.27. The van der Waals surface area contributed by atoms with Gasteiger partial charge in [-0.05, 0) is 59.7 Å². The molecule has 40 heavy (non-hydrogen) atoms. The molecule has 0 amide bonds. The van der Waals surface area contributed by atoms with Gasteiger partial charge in [0.2, 0.25) is 0 Å². The van der Waals surface area contributed by atoms with Crippen LogP contribution in [0.5, 0.6) is 0 Å². The van der Waals surface area contributed by atoms with Crippen LogP contribution < -0.4 is 5.73 Å². The minimum Gasteiger partial charge on any atom is -0.398 e. The van der Waals surface area contributed by atoms with Gasteiger partial charge in [-0.1, -0.05) is 123 Å². The standard InChI is InChI=1S/C34H32ClNOS.C2H6/c1-2-3-10-29(33(36)21-22-38-23-24-17-19-25(35)20-18-24)28-13-6-9-16-32(28)34(37)30-14-7-4-11-26(30)27-12-5-8-15-31(27)34;1-2/h2-4,6-11,13-21,37H,5,12,22-23,36H2,1H3;1-2H3/b3-2-,29-10-,33-21-;. The lowest BCUT2D eigenvalue weighted by atomic mass is 9.78. The van der Waals surface area contributed by atoms with E-state index < -0.39 is 5.60 Å². The van der Waals surface area contributed by atoms with Crippen LogP contribution in [0.3, 0.4) is 0 Å². The molecule has 3 N–H and O–H groups in total. The van der Waals surface area contributed by atoms with E-state index in [1.165, 1.54) is 11.1 Å². The Labute approximate surface area is 248 Å². The fourth-order valence-electron chi connectivity index (χ4n) is 5.36. The predicted octanol–water partition coefficient (Wildman–Crippen LogP) is 9.45. The number of rotatable bonds is 8.